The van der Waals surface area contributed by atoms with E-state index in [1.807, 2.05) is 0 Å². The average molecular weight is 583 g/mol. The SMILES string of the molecule is Br.Br.CCCCC1=CC(C)=[C-]C1.CCCCC1=CC(C)=[C-]C1.C[SiH]C.[Zr+2]. The first kappa shape index (κ1) is 34.5. The summed E-state index contributed by atoms with van der Waals surface area (Å²) in [5.41, 5.74) is 5.79. The maximum absolute atomic E-state index is 3.30. The molecule has 0 amide bonds. The van der Waals surface area contributed by atoms with Crippen LogP contribution in [-0.4, -0.2) is 9.52 Å². The van der Waals surface area contributed by atoms with Gasteiger partial charge in [0.05, 0.1) is 0 Å². The predicted molar refractivity (Wildman–Crippen MR) is 129 cm³/mol. The fourth-order valence-electron chi connectivity index (χ4n) is 2.45. The molecule has 0 spiro atoms. The molecule has 2 aliphatic carbocycles. The van der Waals surface area contributed by atoms with Gasteiger partial charge in [-0.3, -0.25) is 12.2 Å². The van der Waals surface area contributed by atoms with Crippen molar-refractivity contribution < 1.29 is 26.2 Å². The Labute approximate surface area is 206 Å². The topological polar surface area (TPSA) is 0 Å². The maximum atomic E-state index is 3.30. The molecule has 0 unspecified atom stereocenters. The van der Waals surface area contributed by atoms with E-state index in [0.29, 0.717) is 0 Å². The molecule has 0 aliphatic heterocycles. The summed E-state index contributed by atoms with van der Waals surface area (Å²) >= 11 is 0. The second kappa shape index (κ2) is 24.1. The molecule has 2 aliphatic rings. The predicted octanol–water partition coefficient (Wildman–Crippen LogP) is 8.18. The molecule has 0 saturated heterocycles. The molecule has 2 rings (SSSR count). The van der Waals surface area contributed by atoms with Crippen LogP contribution in [0.5, 0.6) is 0 Å². The van der Waals surface area contributed by atoms with Crippen molar-refractivity contribution in [2.24, 2.45) is 0 Å². The molecule has 0 aromatic rings. The molecule has 0 fully saturated rings. The van der Waals surface area contributed by atoms with Crippen LogP contribution in [0.1, 0.15) is 79.1 Å². The number of hydrogen-bond acceptors (Lipinski definition) is 0. The molecular formula is C22H39Br2SiZr. The van der Waals surface area contributed by atoms with Gasteiger partial charge in [0.2, 0.25) is 0 Å². The number of halogens is 2. The smallest absolute Gasteiger partial charge is 0.269 e. The standard InChI is InChI=1S/2C10H15.C2H7Si.2BrH.Zr/c2*1-3-4-5-10-7-6-9(2)8-10;1-3-2;;;/h2*8H,3-5,7H2,1-2H3;3H,1-2H3;2*1H;/q2*-1;;;;+2. The quantitative estimate of drug-likeness (QED) is 0.219. The van der Waals surface area contributed by atoms with Gasteiger partial charge in [-0.05, 0) is 12.8 Å². The summed E-state index contributed by atoms with van der Waals surface area (Å²) < 4.78 is 0. The molecule has 149 valence electrons. The van der Waals surface area contributed by atoms with Crippen molar-refractivity contribution in [3.05, 3.63) is 46.6 Å². The van der Waals surface area contributed by atoms with Gasteiger partial charge >= 0.3 is 26.2 Å². The van der Waals surface area contributed by atoms with E-state index < -0.39 is 0 Å². The van der Waals surface area contributed by atoms with E-state index in [1.165, 1.54) is 49.7 Å². The van der Waals surface area contributed by atoms with Gasteiger partial charge < -0.3 is 0 Å². The second-order valence-electron chi connectivity index (χ2n) is 6.46. The minimum atomic E-state index is 0. The van der Waals surface area contributed by atoms with Crippen molar-refractivity contribution in [3.63, 3.8) is 0 Å². The summed E-state index contributed by atoms with van der Waals surface area (Å²) in [7, 11) is 0.750. The Morgan fingerprint density at radius 2 is 1.12 bits per heavy atom. The zero-order chi connectivity index (χ0) is 17.5. The Bertz CT molecular complexity index is 397. The van der Waals surface area contributed by atoms with E-state index in [1.54, 1.807) is 11.1 Å². The zero-order valence-electron chi connectivity index (χ0n) is 17.7. The zero-order valence-corrected chi connectivity index (χ0v) is 24.7. The van der Waals surface area contributed by atoms with E-state index in [0.717, 1.165) is 22.4 Å². The van der Waals surface area contributed by atoms with Gasteiger partial charge in [-0.25, -0.2) is 23.3 Å². The third-order valence-electron chi connectivity index (χ3n) is 3.73. The summed E-state index contributed by atoms with van der Waals surface area (Å²) in [6, 6.07) is 0. The van der Waals surface area contributed by atoms with Crippen LogP contribution in [0, 0.1) is 12.2 Å². The molecule has 0 bridgehead atoms. The first-order chi connectivity index (χ1) is 11.1. The van der Waals surface area contributed by atoms with Crippen molar-refractivity contribution in [3.8, 4) is 0 Å². The molecule has 0 heterocycles. The third-order valence-corrected chi connectivity index (χ3v) is 3.73. The number of rotatable bonds is 6. The molecule has 26 heavy (non-hydrogen) atoms. The summed E-state index contributed by atoms with van der Waals surface area (Å²) in [5.74, 6) is 0. The van der Waals surface area contributed by atoms with Gasteiger partial charge in [-0.2, -0.15) is 11.1 Å². The molecule has 0 nitrogen and oxygen atoms in total. The minimum Gasteiger partial charge on any atom is -0.269 e. The first-order valence-electron chi connectivity index (χ1n) is 9.34. The van der Waals surface area contributed by atoms with Crippen LogP contribution in [-0.2, 0) is 26.2 Å². The van der Waals surface area contributed by atoms with Gasteiger partial charge in [0.1, 0.15) is 0 Å². The average Bonchev–Trinajstić information content (AvgIpc) is 3.13. The Balaban J connectivity index is -0.000000147. The van der Waals surface area contributed by atoms with Crippen molar-refractivity contribution in [2.75, 3.05) is 0 Å². The fraction of sp³-hybridized carbons (Fsp3) is 0.636. The Morgan fingerprint density at radius 1 is 0.808 bits per heavy atom. The molecular weight excluding hydrogens is 543 g/mol. The molecule has 0 atom stereocenters. The minimum absolute atomic E-state index is 0. The third kappa shape index (κ3) is 19.8. The first-order valence-corrected chi connectivity index (χ1v) is 11.7. The van der Waals surface area contributed by atoms with Crippen LogP contribution in [0.25, 0.3) is 0 Å². The molecule has 0 saturated carbocycles. The summed E-state index contributed by atoms with van der Waals surface area (Å²) in [6.07, 6.45) is 21.2. The van der Waals surface area contributed by atoms with Crippen LogP contribution in [0.15, 0.2) is 34.4 Å². The van der Waals surface area contributed by atoms with Crippen molar-refractivity contribution in [2.45, 2.75) is 92.2 Å². The number of allylic oxidation sites excluding steroid dienone is 8. The second-order valence-corrected chi connectivity index (χ2v) is 7.62. The fourth-order valence-corrected chi connectivity index (χ4v) is 2.45. The molecule has 4 heteroatoms. The van der Waals surface area contributed by atoms with Crippen LogP contribution >= 0.6 is 34.0 Å². The van der Waals surface area contributed by atoms with E-state index >= 15 is 0 Å². The van der Waals surface area contributed by atoms with Crippen LogP contribution < -0.4 is 0 Å². The van der Waals surface area contributed by atoms with Crippen LogP contribution in [0.2, 0.25) is 13.1 Å². The van der Waals surface area contributed by atoms with Crippen molar-refractivity contribution in [1.82, 2.24) is 0 Å². The summed E-state index contributed by atoms with van der Waals surface area (Å²) in [4.78, 5) is 0. The number of hydrogen-bond donors (Lipinski definition) is 0. The molecule has 0 aromatic carbocycles. The van der Waals surface area contributed by atoms with E-state index in [-0.39, 0.29) is 60.2 Å². The molecule has 0 N–H and O–H groups in total. The van der Waals surface area contributed by atoms with Gasteiger partial charge in [-0.15, -0.1) is 46.8 Å². The summed E-state index contributed by atoms with van der Waals surface area (Å²) in [5, 5.41) is 0. The van der Waals surface area contributed by atoms with Gasteiger partial charge in [0, 0.05) is 9.52 Å². The van der Waals surface area contributed by atoms with E-state index in [2.05, 4.69) is 65.1 Å². The molecule has 0 aromatic heterocycles. The van der Waals surface area contributed by atoms with Crippen LogP contribution in [0.4, 0.5) is 0 Å². The van der Waals surface area contributed by atoms with Crippen molar-refractivity contribution >= 4 is 43.5 Å². The molecule has 1 radical (unpaired) electrons. The van der Waals surface area contributed by atoms with E-state index in [9.17, 15) is 0 Å². The van der Waals surface area contributed by atoms with Gasteiger partial charge in [0.25, 0.3) is 0 Å². The number of unbranched alkanes of at least 4 members (excludes halogenated alkanes) is 2. The van der Waals surface area contributed by atoms with Crippen molar-refractivity contribution in [1.29, 1.82) is 0 Å². The Morgan fingerprint density at radius 3 is 1.31 bits per heavy atom. The largest absolute Gasteiger partial charge is 2.00 e. The Hall–Kier alpha value is 1.02. The van der Waals surface area contributed by atoms with Gasteiger partial charge in [-0.1, -0.05) is 66.5 Å². The van der Waals surface area contributed by atoms with E-state index in [4.69, 9.17) is 0 Å². The Kier molecular flexibility index (Phi) is 31.9. The van der Waals surface area contributed by atoms with Gasteiger partial charge in [0.15, 0.2) is 0 Å². The summed E-state index contributed by atoms with van der Waals surface area (Å²) in [6.45, 7) is 13.1. The van der Waals surface area contributed by atoms with Crippen LogP contribution in [0.3, 0.4) is 0 Å². The normalized spacial score (nSPS) is 13.8. The monoisotopic (exact) mass is 579 g/mol. The maximum Gasteiger partial charge on any atom is 2.00 e.